The fourth-order valence-corrected chi connectivity index (χ4v) is 4.50. The lowest BCUT2D eigenvalue weighted by atomic mass is 10.1. The quantitative estimate of drug-likeness (QED) is 0.508. The summed E-state index contributed by atoms with van der Waals surface area (Å²) < 4.78 is 15.3. The Hall–Kier alpha value is -3.74. The fourth-order valence-electron chi connectivity index (χ4n) is 4.50. The van der Waals surface area contributed by atoms with E-state index in [0.717, 1.165) is 10.9 Å². The second kappa shape index (κ2) is 8.31. The zero-order valence-electron chi connectivity index (χ0n) is 19.0. The molecule has 0 fully saturated rings. The van der Waals surface area contributed by atoms with Crippen LogP contribution in [0.3, 0.4) is 0 Å². The topological polar surface area (TPSA) is 74.5 Å². The summed E-state index contributed by atoms with van der Waals surface area (Å²) in [6.07, 6.45) is 1.40. The number of ether oxygens (including phenoxy) is 2. The summed E-state index contributed by atoms with van der Waals surface area (Å²) in [5.74, 6) is 1.40. The summed E-state index contributed by atoms with van der Waals surface area (Å²) in [4.78, 5) is 26.7. The first-order valence-electron chi connectivity index (χ1n) is 11.2. The van der Waals surface area contributed by atoms with Crippen molar-refractivity contribution in [2.45, 2.75) is 26.5 Å². The molecule has 1 amide bonds. The Morgan fingerprint density at radius 1 is 1.12 bits per heavy atom. The molecular weight excluding hydrogens is 418 g/mol. The number of amides is 1. The number of benzene rings is 2. The minimum Gasteiger partial charge on any atom is -0.486 e. The molecule has 0 aliphatic carbocycles. The highest BCUT2D eigenvalue weighted by Gasteiger charge is 2.24. The van der Waals surface area contributed by atoms with Gasteiger partial charge in [-0.3, -0.25) is 9.59 Å². The smallest absolute Gasteiger partial charge is 0.275 e. The number of nitrogens with zero attached hydrogens (tertiary/aromatic N) is 2. The van der Waals surface area contributed by atoms with Gasteiger partial charge >= 0.3 is 0 Å². The standard InChI is InChI=1S/C26H27N3O4/c1-16(2)13-29-14-19(23-18-8-4-5-9-20(18)28(3)24(23)26(29)31)25(30)27-12-17-15-32-21-10-6-7-11-22(21)33-17/h4-11,14,16-17H,12-13,15H2,1-3H3,(H,27,30). The van der Waals surface area contributed by atoms with Crippen LogP contribution in [0.15, 0.2) is 59.5 Å². The monoisotopic (exact) mass is 445 g/mol. The van der Waals surface area contributed by atoms with Gasteiger partial charge in [0.25, 0.3) is 11.5 Å². The van der Waals surface area contributed by atoms with Gasteiger partial charge in [-0.05, 0) is 24.1 Å². The molecular formula is C26H27N3O4. The summed E-state index contributed by atoms with van der Waals surface area (Å²) in [5.41, 5.74) is 1.85. The zero-order valence-corrected chi connectivity index (χ0v) is 19.0. The Balaban J connectivity index is 1.51. The molecule has 170 valence electrons. The molecule has 1 aliphatic rings. The molecule has 5 rings (SSSR count). The van der Waals surface area contributed by atoms with Gasteiger partial charge in [-0.1, -0.05) is 44.2 Å². The van der Waals surface area contributed by atoms with Crippen LogP contribution < -0.4 is 20.3 Å². The minimum atomic E-state index is -0.298. The van der Waals surface area contributed by atoms with Gasteiger partial charge in [-0.2, -0.15) is 0 Å². The number of hydrogen-bond donors (Lipinski definition) is 1. The van der Waals surface area contributed by atoms with Crippen LogP contribution in [-0.2, 0) is 13.6 Å². The first kappa shape index (κ1) is 21.1. The van der Waals surface area contributed by atoms with E-state index in [1.807, 2.05) is 60.1 Å². The molecule has 0 saturated carbocycles. The third-order valence-electron chi connectivity index (χ3n) is 5.99. The number of aryl methyl sites for hydroxylation is 1. The average Bonchev–Trinajstić information content (AvgIpc) is 3.12. The van der Waals surface area contributed by atoms with Gasteiger partial charge < -0.3 is 23.9 Å². The molecule has 7 heteroatoms. The van der Waals surface area contributed by atoms with Crippen molar-refractivity contribution < 1.29 is 14.3 Å². The van der Waals surface area contributed by atoms with E-state index < -0.39 is 0 Å². The van der Waals surface area contributed by atoms with Crippen LogP contribution in [0.4, 0.5) is 0 Å². The SMILES string of the molecule is CC(C)Cn1cc(C(=O)NCC2COc3ccccc3O2)c2c3ccccc3n(C)c2c1=O. The van der Waals surface area contributed by atoms with Crippen molar-refractivity contribution in [2.75, 3.05) is 13.2 Å². The number of carbonyl (C=O) groups excluding carboxylic acids is 1. The molecule has 7 nitrogen and oxygen atoms in total. The Bertz CT molecular complexity index is 1420. The van der Waals surface area contributed by atoms with Gasteiger partial charge in [0.2, 0.25) is 0 Å². The van der Waals surface area contributed by atoms with Crippen molar-refractivity contribution in [3.05, 3.63) is 70.6 Å². The van der Waals surface area contributed by atoms with E-state index in [1.165, 1.54) is 0 Å². The average molecular weight is 446 g/mol. The number of hydrogen-bond acceptors (Lipinski definition) is 4. The molecule has 1 unspecified atom stereocenters. The molecule has 0 radical (unpaired) electrons. The predicted molar refractivity (Wildman–Crippen MR) is 128 cm³/mol. The van der Waals surface area contributed by atoms with Gasteiger partial charge in [0.15, 0.2) is 11.5 Å². The van der Waals surface area contributed by atoms with Gasteiger partial charge in [-0.15, -0.1) is 0 Å². The van der Waals surface area contributed by atoms with Crippen LogP contribution >= 0.6 is 0 Å². The third-order valence-corrected chi connectivity index (χ3v) is 5.99. The molecule has 4 aromatic rings. The van der Waals surface area contributed by atoms with Gasteiger partial charge in [0.1, 0.15) is 18.2 Å². The lowest BCUT2D eigenvalue weighted by Crippen LogP contribution is -2.41. The number of fused-ring (bicyclic) bond motifs is 4. The van der Waals surface area contributed by atoms with Crippen LogP contribution in [-0.4, -0.2) is 34.3 Å². The number of rotatable bonds is 5. The van der Waals surface area contributed by atoms with E-state index in [4.69, 9.17) is 9.47 Å². The highest BCUT2D eigenvalue weighted by Crippen LogP contribution is 2.31. The molecule has 0 spiro atoms. The number of para-hydroxylation sites is 3. The first-order valence-corrected chi connectivity index (χ1v) is 11.2. The molecule has 3 heterocycles. The molecule has 0 bridgehead atoms. The maximum absolute atomic E-state index is 13.4. The predicted octanol–water partition coefficient (Wildman–Crippen LogP) is 3.72. The van der Waals surface area contributed by atoms with Crippen molar-refractivity contribution in [1.82, 2.24) is 14.5 Å². The maximum atomic E-state index is 13.4. The maximum Gasteiger partial charge on any atom is 0.275 e. The van der Waals surface area contributed by atoms with Crippen molar-refractivity contribution in [2.24, 2.45) is 13.0 Å². The number of nitrogens with one attached hydrogen (secondary N) is 1. The molecule has 1 atom stereocenters. The van der Waals surface area contributed by atoms with Crippen molar-refractivity contribution in [1.29, 1.82) is 0 Å². The lowest BCUT2D eigenvalue weighted by molar-refractivity contribution is 0.0789. The normalized spacial score (nSPS) is 15.3. The van der Waals surface area contributed by atoms with Crippen molar-refractivity contribution in [3.8, 4) is 11.5 Å². The van der Waals surface area contributed by atoms with E-state index in [-0.39, 0.29) is 23.5 Å². The van der Waals surface area contributed by atoms with Gasteiger partial charge in [-0.25, -0.2) is 0 Å². The van der Waals surface area contributed by atoms with Gasteiger partial charge in [0, 0.05) is 36.1 Å². The zero-order chi connectivity index (χ0) is 23.1. The Kier molecular flexibility index (Phi) is 5.32. The summed E-state index contributed by atoms with van der Waals surface area (Å²) in [5, 5.41) is 4.57. The Labute approximate surface area is 191 Å². The third kappa shape index (κ3) is 3.73. The lowest BCUT2D eigenvalue weighted by Gasteiger charge is -2.26. The van der Waals surface area contributed by atoms with E-state index in [1.54, 1.807) is 10.8 Å². The second-order valence-electron chi connectivity index (χ2n) is 8.90. The van der Waals surface area contributed by atoms with Crippen LogP contribution in [0.2, 0.25) is 0 Å². The highest BCUT2D eigenvalue weighted by atomic mass is 16.6. The largest absolute Gasteiger partial charge is 0.486 e. The van der Waals surface area contributed by atoms with Crippen LogP contribution in [0.1, 0.15) is 24.2 Å². The molecule has 2 aromatic heterocycles. The summed E-state index contributed by atoms with van der Waals surface area (Å²) in [7, 11) is 1.87. The summed E-state index contributed by atoms with van der Waals surface area (Å²) >= 11 is 0. The van der Waals surface area contributed by atoms with E-state index in [2.05, 4.69) is 19.2 Å². The second-order valence-corrected chi connectivity index (χ2v) is 8.90. The van der Waals surface area contributed by atoms with E-state index in [0.29, 0.717) is 47.7 Å². The molecule has 0 saturated heterocycles. The summed E-state index contributed by atoms with van der Waals surface area (Å²) in [6.45, 7) is 5.29. The molecule has 33 heavy (non-hydrogen) atoms. The molecule has 1 aliphatic heterocycles. The van der Waals surface area contributed by atoms with Crippen molar-refractivity contribution >= 4 is 27.7 Å². The molecule has 1 N–H and O–H groups in total. The van der Waals surface area contributed by atoms with E-state index >= 15 is 0 Å². The van der Waals surface area contributed by atoms with Crippen LogP contribution in [0.25, 0.3) is 21.8 Å². The number of aromatic nitrogens is 2. The van der Waals surface area contributed by atoms with Crippen molar-refractivity contribution in [3.63, 3.8) is 0 Å². The summed E-state index contributed by atoms with van der Waals surface area (Å²) in [6, 6.07) is 15.3. The molecule has 2 aromatic carbocycles. The van der Waals surface area contributed by atoms with Crippen LogP contribution in [0.5, 0.6) is 11.5 Å². The van der Waals surface area contributed by atoms with Gasteiger partial charge in [0.05, 0.1) is 12.1 Å². The minimum absolute atomic E-state index is 0.0884. The number of carbonyl (C=O) groups is 1. The number of pyridine rings is 1. The Morgan fingerprint density at radius 2 is 1.85 bits per heavy atom. The van der Waals surface area contributed by atoms with E-state index in [9.17, 15) is 9.59 Å². The fraction of sp³-hybridized carbons (Fsp3) is 0.308. The highest BCUT2D eigenvalue weighted by molar-refractivity contribution is 6.17. The van der Waals surface area contributed by atoms with Crippen LogP contribution in [0, 0.1) is 5.92 Å². The Morgan fingerprint density at radius 3 is 2.64 bits per heavy atom. The first-order chi connectivity index (χ1) is 15.9.